The fourth-order valence-electron chi connectivity index (χ4n) is 2.46. The number of furan rings is 1. The smallest absolute Gasteiger partial charge is 0.305 e. The van der Waals surface area contributed by atoms with Gasteiger partial charge in [-0.25, -0.2) is 0 Å². The van der Waals surface area contributed by atoms with E-state index < -0.39 is 12.0 Å². The van der Waals surface area contributed by atoms with Crippen LogP contribution in [0.25, 0.3) is 0 Å². The van der Waals surface area contributed by atoms with Gasteiger partial charge in [-0.2, -0.15) is 0 Å². The number of amides is 1. The van der Waals surface area contributed by atoms with Crippen LogP contribution in [-0.4, -0.2) is 23.2 Å². The molecule has 0 saturated carbocycles. The number of hydrogen-bond acceptors (Lipinski definition) is 4. The predicted octanol–water partition coefficient (Wildman–Crippen LogP) is 3.90. The summed E-state index contributed by atoms with van der Waals surface area (Å²) in [6, 6.07) is 8.57. The van der Waals surface area contributed by atoms with Crippen LogP contribution in [-0.2, 0) is 11.2 Å². The molecule has 2 N–H and O–H groups in total. The Hall–Kier alpha value is -2.21. The zero-order valence-corrected chi connectivity index (χ0v) is 14.6. The van der Waals surface area contributed by atoms with Gasteiger partial charge in [0, 0.05) is 11.3 Å². The Morgan fingerprint density at radius 1 is 1.25 bits per heavy atom. The first-order chi connectivity index (χ1) is 11.5. The second-order valence-electron chi connectivity index (χ2n) is 5.40. The molecule has 1 aromatic heterocycles. The fourth-order valence-corrected chi connectivity index (χ4v) is 2.87. The highest BCUT2D eigenvalue weighted by molar-refractivity contribution is 7.98. The molecule has 0 fully saturated rings. The zero-order chi connectivity index (χ0) is 17.5. The van der Waals surface area contributed by atoms with E-state index in [9.17, 15) is 9.59 Å². The van der Waals surface area contributed by atoms with E-state index in [-0.39, 0.29) is 12.3 Å². The molecule has 24 heavy (non-hydrogen) atoms. The van der Waals surface area contributed by atoms with Crippen LogP contribution >= 0.6 is 11.8 Å². The van der Waals surface area contributed by atoms with Crippen molar-refractivity contribution in [2.75, 3.05) is 6.26 Å². The number of hydrogen-bond donors (Lipinski definition) is 2. The second kappa shape index (κ2) is 8.59. The standard InChI is InChI=1S/C18H21NO4S/c1-3-4-16-14(9-10-23-16)18(22)19-15(11-17(20)21)12-5-7-13(24-2)8-6-12/h5-10,15H,3-4,11H2,1-2H3,(H,19,22)(H,20,21). The number of benzene rings is 1. The molecular weight excluding hydrogens is 326 g/mol. The average Bonchev–Trinajstić information content (AvgIpc) is 3.02. The third-order valence-electron chi connectivity index (χ3n) is 3.67. The van der Waals surface area contributed by atoms with Crippen LogP contribution in [0.15, 0.2) is 45.9 Å². The maximum atomic E-state index is 12.5. The van der Waals surface area contributed by atoms with Gasteiger partial charge in [0.2, 0.25) is 0 Å². The minimum Gasteiger partial charge on any atom is -0.481 e. The van der Waals surface area contributed by atoms with Gasteiger partial charge in [0.15, 0.2) is 0 Å². The van der Waals surface area contributed by atoms with Crippen LogP contribution in [0.3, 0.4) is 0 Å². The Kier molecular flexibility index (Phi) is 6.49. The summed E-state index contributed by atoms with van der Waals surface area (Å²) in [6.07, 6.45) is 4.81. The van der Waals surface area contributed by atoms with Crippen molar-refractivity contribution >= 4 is 23.6 Å². The number of carbonyl (C=O) groups is 2. The lowest BCUT2D eigenvalue weighted by atomic mass is 10.0. The third kappa shape index (κ3) is 4.64. The normalized spacial score (nSPS) is 11.9. The maximum absolute atomic E-state index is 12.5. The molecular formula is C18H21NO4S. The topological polar surface area (TPSA) is 79.5 Å². The van der Waals surface area contributed by atoms with Gasteiger partial charge in [0.25, 0.3) is 5.91 Å². The van der Waals surface area contributed by atoms with Crippen molar-refractivity contribution in [3.63, 3.8) is 0 Å². The van der Waals surface area contributed by atoms with Gasteiger partial charge in [-0.3, -0.25) is 9.59 Å². The molecule has 128 valence electrons. The van der Waals surface area contributed by atoms with Gasteiger partial charge in [0.05, 0.1) is 24.3 Å². The van der Waals surface area contributed by atoms with E-state index >= 15 is 0 Å². The summed E-state index contributed by atoms with van der Waals surface area (Å²) >= 11 is 1.61. The fraction of sp³-hybridized carbons (Fsp3) is 0.333. The lowest BCUT2D eigenvalue weighted by Crippen LogP contribution is -2.30. The molecule has 0 aliphatic carbocycles. The molecule has 2 aromatic rings. The quantitative estimate of drug-likeness (QED) is 0.708. The van der Waals surface area contributed by atoms with Gasteiger partial charge < -0.3 is 14.8 Å². The summed E-state index contributed by atoms with van der Waals surface area (Å²) in [6.45, 7) is 2.00. The average molecular weight is 347 g/mol. The van der Waals surface area contributed by atoms with Crippen molar-refractivity contribution in [1.29, 1.82) is 0 Å². The summed E-state index contributed by atoms with van der Waals surface area (Å²) in [5, 5.41) is 12.0. The van der Waals surface area contributed by atoms with Crippen molar-refractivity contribution < 1.29 is 19.1 Å². The summed E-state index contributed by atoms with van der Waals surface area (Å²) in [5.41, 5.74) is 1.23. The number of rotatable bonds is 8. The van der Waals surface area contributed by atoms with Crippen LogP contribution in [0, 0.1) is 0 Å². The second-order valence-corrected chi connectivity index (χ2v) is 6.28. The van der Waals surface area contributed by atoms with E-state index in [2.05, 4.69) is 5.32 Å². The van der Waals surface area contributed by atoms with E-state index in [1.54, 1.807) is 17.8 Å². The first-order valence-electron chi connectivity index (χ1n) is 7.78. The molecule has 0 saturated heterocycles. The van der Waals surface area contributed by atoms with Crippen LogP contribution in [0.5, 0.6) is 0 Å². The van der Waals surface area contributed by atoms with Gasteiger partial charge in [-0.1, -0.05) is 19.1 Å². The van der Waals surface area contributed by atoms with Crippen LogP contribution in [0.4, 0.5) is 0 Å². The molecule has 0 radical (unpaired) electrons. The highest BCUT2D eigenvalue weighted by Gasteiger charge is 2.21. The first-order valence-corrected chi connectivity index (χ1v) is 9.00. The third-order valence-corrected chi connectivity index (χ3v) is 4.41. The molecule has 1 atom stereocenters. The molecule has 6 heteroatoms. The molecule has 0 aliphatic heterocycles. The zero-order valence-electron chi connectivity index (χ0n) is 13.7. The number of aryl methyl sites for hydroxylation is 1. The Morgan fingerprint density at radius 2 is 1.96 bits per heavy atom. The van der Waals surface area contributed by atoms with E-state index in [4.69, 9.17) is 9.52 Å². The molecule has 0 aliphatic rings. The Morgan fingerprint density at radius 3 is 2.54 bits per heavy atom. The van der Waals surface area contributed by atoms with Crippen molar-refractivity contribution in [2.24, 2.45) is 0 Å². The Balaban J connectivity index is 2.19. The lowest BCUT2D eigenvalue weighted by Gasteiger charge is -2.18. The monoisotopic (exact) mass is 347 g/mol. The SMILES string of the molecule is CCCc1occc1C(=O)NC(CC(=O)O)c1ccc(SC)cc1. The number of carboxylic acids is 1. The number of carbonyl (C=O) groups excluding carboxylic acids is 1. The summed E-state index contributed by atoms with van der Waals surface area (Å²) in [7, 11) is 0. The first kappa shape index (κ1) is 18.1. The van der Waals surface area contributed by atoms with E-state index in [1.165, 1.54) is 6.26 Å². The summed E-state index contributed by atoms with van der Waals surface area (Å²) in [5.74, 6) is -0.649. The van der Waals surface area contributed by atoms with Crippen molar-refractivity contribution in [3.8, 4) is 0 Å². The lowest BCUT2D eigenvalue weighted by molar-refractivity contribution is -0.137. The summed E-state index contributed by atoms with van der Waals surface area (Å²) < 4.78 is 5.34. The van der Waals surface area contributed by atoms with Crippen molar-refractivity contribution in [3.05, 3.63) is 53.5 Å². The number of thioether (sulfide) groups is 1. The molecule has 0 spiro atoms. The number of carboxylic acid groups (broad SMARTS) is 1. The van der Waals surface area contributed by atoms with Crippen LogP contribution < -0.4 is 5.32 Å². The van der Waals surface area contributed by atoms with E-state index in [0.717, 1.165) is 16.9 Å². The molecule has 1 aromatic carbocycles. The Labute approximate surface area is 145 Å². The van der Waals surface area contributed by atoms with Crippen LogP contribution in [0.1, 0.15) is 47.5 Å². The molecule has 2 rings (SSSR count). The minimum atomic E-state index is -0.963. The predicted molar refractivity (Wildman–Crippen MR) is 93.4 cm³/mol. The highest BCUT2D eigenvalue weighted by Crippen LogP contribution is 2.22. The van der Waals surface area contributed by atoms with Crippen molar-refractivity contribution in [1.82, 2.24) is 5.32 Å². The molecule has 5 nitrogen and oxygen atoms in total. The van der Waals surface area contributed by atoms with E-state index in [1.807, 2.05) is 37.4 Å². The van der Waals surface area contributed by atoms with Crippen molar-refractivity contribution in [2.45, 2.75) is 37.1 Å². The molecule has 1 heterocycles. The van der Waals surface area contributed by atoms with Gasteiger partial charge in [-0.15, -0.1) is 11.8 Å². The number of nitrogens with one attached hydrogen (secondary N) is 1. The van der Waals surface area contributed by atoms with Gasteiger partial charge in [0.1, 0.15) is 5.76 Å². The van der Waals surface area contributed by atoms with Gasteiger partial charge in [-0.05, 0) is 36.4 Å². The molecule has 1 unspecified atom stereocenters. The molecule has 1 amide bonds. The van der Waals surface area contributed by atoms with Gasteiger partial charge >= 0.3 is 5.97 Å². The van der Waals surface area contributed by atoms with Crippen LogP contribution in [0.2, 0.25) is 0 Å². The maximum Gasteiger partial charge on any atom is 0.305 e. The summed E-state index contributed by atoms with van der Waals surface area (Å²) in [4.78, 5) is 24.8. The highest BCUT2D eigenvalue weighted by atomic mass is 32.2. The minimum absolute atomic E-state index is 0.175. The Bertz CT molecular complexity index is 693. The number of aliphatic carboxylic acids is 1. The molecule has 0 bridgehead atoms. The largest absolute Gasteiger partial charge is 0.481 e. The van der Waals surface area contributed by atoms with E-state index in [0.29, 0.717) is 17.7 Å².